The molecule has 1 aliphatic rings. The van der Waals surface area contributed by atoms with Crippen LogP contribution in [-0.2, 0) is 9.84 Å². The Labute approximate surface area is 127 Å². The Morgan fingerprint density at radius 2 is 2.06 bits per heavy atom. The average Bonchev–Trinajstić information content (AvgIpc) is 2.24. The molecule has 1 aliphatic heterocycles. The second-order valence-electron chi connectivity index (χ2n) is 4.97. The molecule has 5 nitrogen and oxygen atoms in total. The van der Waals surface area contributed by atoms with Crippen LogP contribution in [0.1, 0.15) is 27.2 Å². The van der Waals surface area contributed by atoms with E-state index < -0.39 is 14.6 Å². The number of hydrogen-bond donors (Lipinski definition) is 1. The van der Waals surface area contributed by atoms with E-state index in [1.807, 2.05) is 4.90 Å². The van der Waals surface area contributed by atoms with Gasteiger partial charge in [0, 0.05) is 26.7 Å². The zero-order valence-electron chi connectivity index (χ0n) is 11.6. The molecule has 0 aromatic heterocycles. The minimum Gasteiger partial charge on any atom is -0.356 e. The second-order valence-corrected chi connectivity index (χ2v) is 7.72. The summed E-state index contributed by atoms with van der Waals surface area (Å²) < 4.78 is 23.1. The van der Waals surface area contributed by atoms with E-state index >= 15 is 0 Å². The molecule has 0 spiro atoms. The van der Waals surface area contributed by atoms with Crippen LogP contribution >= 0.6 is 24.0 Å². The average molecular weight is 389 g/mol. The topological polar surface area (TPSA) is 61.8 Å². The van der Waals surface area contributed by atoms with Gasteiger partial charge in [0.25, 0.3) is 0 Å². The number of rotatable bonds is 2. The Balaban J connectivity index is 0.00000289. The molecule has 0 aromatic rings. The van der Waals surface area contributed by atoms with Gasteiger partial charge in [-0.15, -0.1) is 24.0 Å². The Morgan fingerprint density at radius 1 is 1.44 bits per heavy atom. The van der Waals surface area contributed by atoms with Crippen LogP contribution < -0.4 is 5.32 Å². The van der Waals surface area contributed by atoms with Gasteiger partial charge in [0.1, 0.15) is 0 Å². The van der Waals surface area contributed by atoms with Crippen molar-refractivity contribution in [1.82, 2.24) is 10.2 Å². The number of halogens is 1. The van der Waals surface area contributed by atoms with Crippen LogP contribution in [0.15, 0.2) is 4.99 Å². The van der Waals surface area contributed by atoms with Gasteiger partial charge in [-0.25, -0.2) is 8.42 Å². The van der Waals surface area contributed by atoms with Crippen molar-refractivity contribution in [1.29, 1.82) is 0 Å². The molecular weight excluding hydrogens is 365 g/mol. The van der Waals surface area contributed by atoms with Crippen molar-refractivity contribution < 1.29 is 8.42 Å². The highest BCUT2D eigenvalue weighted by molar-refractivity contribution is 14.0. The molecule has 1 N–H and O–H groups in total. The van der Waals surface area contributed by atoms with Crippen molar-refractivity contribution >= 4 is 39.8 Å². The minimum atomic E-state index is -2.98. The molecule has 7 heteroatoms. The molecule has 1 rings (SSSR count). The second kappa shape index (κ2) is 6.93. The van der Waals surface area contributed by atoms with E-state index in [0.717, 1.165) is 18.9 Å². The standard InChI is InChI=1S/C11H23N3O2S.HI/c1-5-6-13-10(12-4)14-7-8-17(15,16)11(2,3)9-14;/h5-9H2,1-4H3,(H,12,13);1H. The lowest BCUT2D eigenvalue weighted by Gasteiger charge is -2.39. The van der Waals surface area contributed by atoms with Gasteiger partial charge in [0.15, 0.2) is 15.8 Å². The van der Waals surface area contributed by atoms with E-state index in [4.69, 9.17) is 0 Å². The Morgan fingerprint density at radius 3 is 2.50 bits per heavy atom. The van der Waals surface area contributed by atoms with Gasteiger partial charge in [-0.3, -0.25) is 4.99 Å². The molecule has 0 saturated carbocycles. The van der Waals surface area contributed by atoms with Crippen molar-refractivity contribution in [2.24, 2.45) is 4.99 Å². The van der Waals surface area contributed by atoms with Crippen molar-refractivity contribution in [3.63, 3.8) is 0 Å². The first-order chi connectivity index (χ1) is 7.84. The van der Waals surface area contributed by atoms with Crippen LogP contribution in [0.4, 0.5) is 0 Å². The molecule has 1 saturated heterocycles. The summed E-state index contributed by atoms with van der Waals surface area (Å²) in [5.41, 5.74) is 0. The molecule has 0 aromatic carbocycles. The van der Waals surface area contributed by atoms with Crippen LogP contribution in [0.25, 0.3) is 0 Å². The van der Waals surface area contributed by atoms with E-state index in [-0.39, 0.29) is 29.7 Å². The number of sulfone groups is 1. The first-order valence-corrected chi connectivity index (χ1v) is 7.67. The summed E-state index contributed by atoms with van der Waals surface area (Å²) in [6.45, 7) is 7.53. The fourth-order valence-corrected chi connectivity index (χ4v) is 3.26. The molecule has 0 atom stereocenters. The number of nitrogens with zero attached hydrogens (tertiary/aromatic N) is 2. The predicted octanol–water partition coefficient (Wildman–Crippen LogP) is 1.10. The first-order valence-electron chi connectivity index (χ1n) is 6.02. The molecular formula is C11H24IN3O2S. The molecule has 0 unspecified atom stereocenters. The van der Waals surface area contributed by atoms with Gasteiger partial charge >= 0.3 is 0 Å². The maximum Gasteiger partial charge on any atom is 0.193 e. The molecule has 1 heterocycles. The fraction of sp³-hybridized carbons (Fsp3) is 0.909. The highest BCUT2D eigenvalue weighted by Gasteiger charge is 2.40. The van der Waals surface area contributed by atoms with Crippen LogP contribution in [0.3, 0.4) is 0 Å². The third-order valence-electron chi connectivity index (χ3n) is 3.09. The van der Waals surface area contributed by atoms with Crippen LogP contribution in [0.5, 0.6) is 0 Å². The van der Waals surface area contributed by atoms with Crippen molar-refractivity contribution in [2.45, 2.75) is 31.9 Å². The highest BCUT2D eigenvalue weighted by atomic mass is 127. The zero-order chi connectivity index (χ0) is 13.1. The Bertz CT molecular complexity index is 393. The van der Waals surface area contributed by atoms with E-state index in [9.17, 15) is 8.42 Å². The number of guanidine groups is 1. The van der Waals surface area contributed by atoms with Crippen LogP contribution in [0, 0.1) is 0 Å². The van der Waals surface area contributed by atoms with Gasteiger partial charge in [0.05, 0.1) is 10.5 Å². The molecule has 0 bridgehead atoms. The molecule has 1 fully saturated rings. The van der Waals surface area contributed by atoms with Crippen LogP contribution in [-0.4, -0.2) is 56.5 Å². The number of nitrogens with one attached hydrogen (secondary N) is 1. The summed E-state index contributed by atoms with van der Waals surface area (Å²) in [5, 5.41) is 3.24. The van der Waals surface area contributed by atoms with Crippen molar-refractivity contribution in [3.8, 4) is 0 Å². The smallest absolute Gasteiger partial charge is 0.193 e. The van der Waals surface area contributed by atoms with Gasteiger partial charge in [-0.05, 0) is 20.3 Å². The van der Waals surface area contributed by atoms with E-state index in [1.165, 1.54) is 0 Å². The molecule has 0 amide bonds. The van der Waals surface area contributed by atoms with Gasteiger partial charge in [-0.2, -0.15) is 0 Å². The lowest BCUT2D eigenvalue weighted by molar-refractivity contribution is 0.353. The maximum absolute atomic E-state index is 11.9. The summed E-state index contributed by atoms with van der Waals surface area (Å²) in [6.07, 6.45) is 1.02. The monoisotopic (exact) mass is 389 g/mol. The number of hydrogen-bond acceptors (Lipinski definition) is 3. The van der Waals surface area contributed by atoms with Gasteiger partial charge in [-0.1, -0.05) is 6.92 Å². The first kappa shape index (κ1) is 17.9. The van der Waals surface area contributed by atoms with E-state index in [1.54, 1.807) is 20.9 Å². The van der Waals surface area contributed by atoms with E-state index in [2.05, 4.69) is 17.2 Å². The molecule has 18 heavy (non-hydrogen) atoms. The number of aliphatic imine (C=N–C) groups is 1. The Kier molecular flexibility index (Phi) is 6.91. The highest BCUT2D eigenvalue weighted by Crippen LogP contribution is 2.23. The van der Waals surface area contributed by atoms with Crippen molar-refractivity contribution in [2.75, 3.05) is 32.4 Å². The Hall–Kier alpha value is -0.0500. The maximum atomic E-state index is 11.9. The SMILES string of the molecule is CCCNC(=NC)N1CCS(=O)(=O)C(C)(C)C1.I. The van der Waals surface area contributed by atoms with Crippen LogP contribution in [0.2, 0.25) is 0 Å². The molecule has 108 valence electrons. The summed E-state index contributed by atoms with van der Waals surface area (Å²) >= 11 is 0. The predicted molar refractivity (Wildman–Crippen MR) is 86.5 cm³/mol. The fourth-order valence-electron chi connectivity index (χ4n) is 1.89. The molecule has 0 radical (unpaired) electrons. The third-order valence-corrected chi connectivity index (χ3v) is 5.62. The van der Waals surface area contributed by atoms with Gasteiger partial charge in [0.2, 0.25) is 0 Å². The zero-order valence-corrected chi connectivity index (χ0v) is 14.7. The largest absolute Gasteiger partial charge is 0.356 e. The lowest BCUT2D eigenvalue weighted by Crippen LogP contribution is -2.57. The lowest BCUT2D eigenvalue weighted by atomic mass is 10.2. The summed E-state index contributed by atoms with van der Waals surface area (Å²) in [5.74, 6) is 1.00. The van der Waals surface area contributed by atoms with Gasteiger partial charge < -0.3 is 10.2 Å². The third kappa shape index (κ3) is 3.97. The van der Waals surface area contributed by atoms with Crippen molar-refractivity contribution in [3.05, 3.63) is 0 Å². The molecule has 0 aliphatic carbocycles. The van der Waals surface area contributed by atoms with E-state index in [0.29, 0.717) is 13.1 Å². The summed E-state index contributed by atoms with van der Waals surface area (Å²) in [7, 11) is -1.25. The summed E-state index contributed by atoms with van der Waals surface area (Å²) in [4.78, 5) is 6.22. The quantitative estimate of drug-likeness (QED) is 0.437. The minimum absolute atomic E-state index is 0. The summed E-state index contributed by atoms with van der Waals surface area (Å²) in [6, 6.07) is 0. The normalized spacial score (nSPS) is 22.2.